The summed E-state index contributed by atoms with van der Waals surface area (Å²) in [6, 6.07) is 0. The third kappa shape index (κ3) is 3.95. The maximum atomic E-state index is 12.9. The number of hydrogen-bond donors (Lipinski definition) is 1. The van der Waals surface area contributed by atoms with E-state index >= 15 is 0 Å². The second-order valence-corrected chi connectivity index (χ2v) is 10.6. The normalized spacial score (nSPS) is 43.6. The molecule has 1 unspecified atom stereocenters. The van der Waals surface area contributed by atoms with Gasteiger partial charge in [0.2, 0.25) is 0 Å². The van der Waals surface area contributed by atoms with Crippen molar-refractivity contribution < 1.29 is 80.7 Å². The molecular weight excluding hydrogens is 423 g/mol. The number of aliphatic hydroxyl groups is 1. The molecule has 0 radical (unpaired) electrons. The van der Waals surface area contributed by atoms with Gasteiger partial charge in [0.05, 0.1) is 18.6 Å². The Hall–Kier alpha value is -0.0536. The van der Waals surface area contributed by atoms with Crippen molar-refractivity contribution >= 4 is 17.7 Å². The maximum absolute atomic E-state index is 12.9. The van der Waals surface area contributed by atoms with Crippen LogP contribution in [0, 0.1) is 34.5 Å². The average molecular weight is 457 g/mol. The van der Waals surface area contributed by atoms with Crippen LogP contribution in [0.5, 0.6) is 0 Å². The van der Waals surface area contributed by atoms with Gasteiger partial charge in [0, 0.05) is 12.4 Å². The second kappa shape index (κ2) is 8.95. The fraction of sp³-hybridized carbons (Fsp3) is 0.792. The number of aliphatic carboxylic acids is 1. The molecule has 0 aromatic heterocycles. The Morgan fingerprint density at radius 2 is 1.87 bits per heavy atom. The van der Waals surface area contributed by atoms with Crippen molar-refractivity contribution in [3.05, 3.63) is 11.6 Å². The number of rotatable bonds is 4. The van der Waals surface area contributed by atoms with Crippen molar-refractivity contribution in [2.45, 2.75) is 77.2 Å². The Labute approximate surface area is 227 Å². The van der Waals surface area contributed by atoms with E-state index in [-0.39, 0.29) is 105 Å². The summed E-state index contributed by atoms with van der Waals surface area (Å²) in [5, 5.41) is 22.6. The molecule has 4 aliphatic carbocycles. The van der Waals surface area contributed by atoms with E-state index in [0.717, 1.165) is 31.3 Å². The molecule has 3 fully saturated rings. The number of carbonyl (C=O) groups is 3. The summed E-state index contributed by atoms with van der Waals surface area (Å²) < 4.78 is 5.19. The van der Waals surface area contributed by atoms with E-state index in [4.69, 9.17) is 4.74 Å². The van der Waals surface area contributed by atoms with Crippen LogP contribution in [-0.4, -0.2) is 35.5 Å². The summed E-state index contributed by atoms with van der Waals surface area (Å²) in [7, 11) is 1.42. The maximum Gasteiger partial charge on any atom is 1.00 e. The van der Waals surface area contributed by atoms with Crippen LogP contribution in [0.25, 0.3) is 0 Å². The fourth-order valence-electron chi connectivity index (χ4n) is 7.79. The molecule has 3 saturated carbocycles. The standard InChI is InChI=1S/C24H34O6.K/c1-22-8-4-15(25)12-14(22)13-16(21(28)30-3)20-17(22)5-9-23(2)18(20)6-10-24(23,29)11-7-19(26)27;/h12,16-18,20,29H,4-11,13H2,1-3H3,(H,26,27);/q;+1/p-1/t16?,17-,18-,20+,22-,23-,24-;/m0./s1. The summed E-state index contributed by atoms with van der Waals surface area (Å²) in [4.78, 5) is 36.1. The van der Waals surface area contributed by atoms with E-state index < -0.39 is 17.0 Å². The van der Waals surface area contributed by atoms with Crippen LogP contribution < -0.4 is 56.5 Å². The Morgan fingerprint density at radius 1 is 1.19 bits per heavy atom. The number of esters is 1. The number of carboxylic acid groups (broad SMARTS) is 1. The average Bonchev–Trinajstić information content (AvgIpc) is 2.97. The molecule has 0 aromatic rings. The zero-order valence-electron chi connectivity index (χ0n) is 19.2. The van der Waals surface area contributed by atoms with Gasteiger partial charge in [-0.25, -0.2) is 0 Å². The second-order valence-electron chi connectivity index (χ2n) is 10.6. The molecular formula is C24H33KO6. The Kier molecular flexibility index (Phi) is 7.38. The first-order valence-corrected chi connectivity index (χ1v) is 11.3. The SMILES string of the molecule is COC(=O)C1CC2=CC(=O)CC[C@]2(C)[C@H]2CC[C@@]3(C)[C@@H](CC[C@]3(O)CCC(=O)[O-])[C@H]12.[K+]. The minimum absolute atomic E-state index is 0. The Balaban J connectivity index is 0.00000272. The van der Waals surface area contributed by atoms with E-state index in [1.54, 1.807) is 6.08 Å². The van der Waals surface area contributed by atoms with E-state index in [0.29, 0.717) is 19.3 Å². The zero-order valence-corrected chi connectivity index (χ0v) is 22.4. The number of ketones is 1. The van der Waals surface area contributed by atoms with Crippen molar-refractivity contribution in [1.82, 2.24) is 0 Å². The van der Waals surface area contributed by atoms with Gasteiger partial charge in [0.15, 0.2) is 5.78 Å². The Bertz CT molecular complexity index is 808. The van der Waals surface area contributed by atoms with E-state index in [1.807, 2.05) is 0 Å². The molecule has 0 aliphatic heterocycles. The van der Waals surface area contributed by atoms with Gasteiger partial charge in [-0.05, 0) is 86.0 Å². The molecule has 0 spiro atoms. The third-order valence-corrected chi connectivity index (χ3v) is 9.58. The van der Waals surface area contributed by atoms with Gasteiger partial charge in [0.25, 0.3) is 0 Å². The van der Waals surface area contributed by atoms with Crippen LogP contribution >= 0.6 is 0 Å². The van der Waals surface area contributed by atoms with Gasteiger partial charge in [-0.2, -0.15) is 0 Å². The number of fused-ring (bicyclic) bond motifs is 5. The molecule has 7 atom stereocenters. The fourth-order valence-corrected chi connectivity index (χ4v) is 7.79. The molecule has 4 aliphatic rings. The first kappa shape index (κ1) is 25.6. The molecule has 0 amide bonds. The number of carboxylic acids is 1. The van der Waals surface area contributed by atoms with E-state index in [2.05, 4.69) is 13.8 Å². The van der Waals surface area contributed by atoms with Gasteiger partial charge < -0.3 is 19.7 Å². The van der Waals surface area contributed by atoms with Gasteiger partial charge in [-0.1, -0.05) is 19.4 Å². The number of ether oxygens (including phenoxy) is 1. The molecule has 31 heavy (non-hydrogen) atoms. The molecule has 6 nitrogen and oxygen atoms in total. The molecule has 0 aromatic carbocycles. The number of methoxy groups -OCH3 is 1. The zero-order chi connectivity index (χ0) is 21.9. The van der Waals surface area contributed by atoms with Crippen LogP contribution in [0.2, 0.25) is 0 Å². The molecule has 0 heterocycles. The van der Waals surface area contributed by atoms with Crippen LogP contribution in [0.4, 0.5) is 0 Å². The first-order chi connectivity index (χ1) is 14.1. The van der Waals surface area contributed by atoms with Crippen molar-refractivity contribution in [3.8, 4) is 0 Å². The molecule has 7 heteroatoms. The van der Waals surface area contributed by atoms with Gasteiger partial charge in [-0.15, -0.1) is 0 Å². The van der Waals surface area contributed by atoms with Crippen molar-refractivity contribution in [2.24, 2.45) is 34.5 Å². The smallest absolute Gasteiger partial charge is 0.550 e. The summed E-state index contributed by atoms with van der Waals surface area (Å²) in [6.45, 7) is 4.33. The number of carbonyl (C=O) groups excluding carboxylic acids is 3. The van der Waals surface area contributed by atoms with Crippen molar-refractivity contribution in [2.75, 3.05) is 7.11 Å². The predicted octanol–water partition coefficient (Wildman–Crippen LogP) is -0.817. The van der Waals surface area contributed by atoms with Crippen molar-refractivity contribution in [3.63, 3.8) is 0 Å². The first-order valence-electron chi connectivity index (χ1n) is 11.3. The topological polar surface area (TPSA) is 104 Å². The molecule has 4 rings (SSSR count). The molecule has 0 saturated heterocycles. The van der Waals surface area contributed by atoms with Gasteiger partial charge in [-0.3, -0.25) is 9.59 Å². The van der Waals surface area contributed by atoms with Crippen LogP contribution in [0.3, 0.4) is 0 Å². The largest absolute Gasteiger partial charge is 1.00 e. The van der Waals surface area contributed by atoms with Gasteiger partial charge in [0.1, 0.15) is 0 Å². The monoisotopic (exact) mass is 456 g/mol. The summed E-state index contributed by atoms with van der Waals surface area (Å²) in [5.41, 5.74) is -0.499. The quantitative estimate of drug-likeness (QED) is 0.438. The summed E-state index contributed by atoms with van der Waals surface area (Å²) >= 11 is 0. The van der Waals surface area contributed by atoms with E-state index in [9.17, 15) is 24.6 Å². The summed E-state index contributed by atoms with van der Waals surface area (Å²) in [5.74, 6) is -1.09. The number of hydrogen-bond acceptors (Lipinski definition) is 6. The van der Waals surface area contributed by atoms with Crippen LogP contribution in [-0.2, 0) is 19.1 Å². The minimum Gasteiger partial charge on any atom is -0.550 e. The van der Waals surface area contributed by atoms with Crippen LogP contribution in [0.1, 0.15) is 71.6 Å². The minimum atomic E-state index is -1.14. The predicted molar refractivity (Wildman–Crippen MR) is 107 cm³/mol. The molecule has 0 bridgehead atoms. The van der Waals surface area contributed by atoms with E-state index in [1.165, 1.54) is 7.11 Å². The molecule has 166 valence electrons. The third-order valence-electron chi connectivity index (χ3n) is 9.58. The Morgan fingerprint density at radius 3 is 2.52 bits per heavy atom. The van der Waals surface area contributed by atoms with Gasteiger partial charge >= 0.3 is 57.4 Å². The summed E-state index contributed by atoms with van der Waals surface area (Å²) in [6.07, 6.45) is 6.70. The molecule has 1 N–H and O–H groups in total. The van der Waals surface area contributed by atoms with Crippen molar-refractivity contribution in [1.29, 1.82) is 0 Å². The number of allylic oxidation sites excluding steroid dienone is 1. The van der Waals surface area contributed by atoms with Crippen LogP contribution in [0.15, 0.2) is 11.6 Å².